The Labute approximate surface area is 122 Å². The Hall–Kier alpha value is -0.940. The number of nitrogens with one attached hydrogen (secondary N) is 1. The van der Waals surface area contributed by atoms with E-state index in [1.807, 2.05) is 0 Å². The first-order valence-corrected chi connectivity index (χ1v) is 7.67. The second-order valence-corrected chi connectivity index (χ2v) is 7.08. The quantitative estimate of drug-likeness (QED) is 0.897. The zero-order valence-electron chi connectivity index (χ0n) is 13.4. The first-order valence-electron chi connectivity index (χ1n) is 7.67. The van der Waals surface area contributed by atoms with Crippen LogP contribution in [0.2, 0.25) is 0 Å². The summed E-state index contributed by atoms with van der Waals surface area (Å²) in [5.41, 5.74) is -0.0581. The highest BCUT2D eigenvalue weighted by Crippen LogP contribution is 2.19. The fourth-order valence-electron chi connectivity index (χ4n) is 2.45. The molecular weight excluding hydrogens is 252 g/mol. The molecule has 1 atom stereocenters. The van der Waals surface area contributed by atoms with Crippen molar-refractivity contribution < 1.29 is 4.52 Å². The summed E-state index contributed by atoms with van der Waals surface area (Å²) in [5.74, 6) is 1.51. The van der Waals surface area contributed by atoms with Crippen LogP contribution in [0.4, 0.5) is 0 Å². The predicted octanol–water partition coefficient (Wildman–Crippen LogP) is 2.33. The average molecular weight is 280 g/mol. The zero-order chi connectivity index (χ0) is 14.8. The SMILES string of the molecule is CC(C)N(Cc1nc(C(C)(C)C)no1)CC1CCCN1. The molecule has 1 aromatic rings. The normalized spacial score (nSPS) is 20.2. The van der Waals surface area contributed by atoms with Gasteiger partial charge in [-0.2, -0.15) is 4.98 Å². The van der Waals surface area contributed by atoms with Crippen molar-refractivity contribution in [1.82, 2.24) is 20.4 Å². The molecule has 114 valence electrons. The lowest BCUT2D eigenvalue weighted by Gasteiger charge is -2.27. The minimum Gasteiger partial charge on any atom is -0.338 e. The van der Waals surface area contributed by atoms with E-state index in [1.54, 1.807) is 0 Å². The predicted molar refractivity (Wildman–Crippen MR) is 79.6 cm³/mol. The van der Waals surface area contributed by atoms with Crippen molar-refractivity contribution in [3.05, 3.63) is 11.7 Å². The van der Waals surface area contributed by atoms with Gasteiger partial charge in [-0.3, -0.25) is 4.90 Å². The minimum absolute atomic E-state index is 0.0581. The molecule has 0 bridgehead atoms. The van der Waals surface area contributed by atoms with Crippen LogP contribution in [0.15, 0.2) is 4.52 Å². The van der Waals surface area contributed by atoms with E-state index < -0.39 is 0 Å². The summed E-state index contributed by atoms with van der Waals surface area (Å²) >= 11 is 0. The van der Waals surface area contributed by atoms with Gasteiger partial charge in [0.15, 0.2) is 5.82 Å². The fraction of sp³-hybridized carbons (Fsp3) is 0.867. The van der Waals surface area contributed by atoms with Gasteiger partial charge >= 0.3 is 0 Å². The van der Waals surface area contributed by atoms with Gasteiger partial charge in [-0.05, 0) is 33.2 Å². The van der Waals surface area contributed by atoms with Crippen molar-refractivity contribution in [2.75, 3.05) is 13.1 Å². The highest BCUT2D eigenvalue weighted by molar-refractivity contribution is 5.00. The number of rotatable bonds is 5. The smallest absolute Gasteiger partial charge is 0.240 e. The Bertz CT molecular complexity index is 416. The molecule has 5 nitrogen and oxygen atoms in total. The van der Waals surface area contributed by atoms with E-state index in [1.165, 1.54) is 12.8 Å². The summed E-state index contributed by atoms with van der Waals surface area (Å²) in [4.78, 5) is 6.94. The van der Waals surface area contributed by atoms with Crippen LogP contribution in [0.1, 0.15) is 59.2 Å². The van der Waals surface area contributed by atoms with Crippen molar-refractivity contribution in [3.8, 4) is 0 Å². The second-order valence-electron chi connectivity index (χ2n) is 7.08. The van der Waals surface area contributed by atoms with E-state index in [4.69, 9.17) is 4.52 Å². The number of nitrogens with zero attached hydrogens (tertiary/aromatic N) is 3. The summed E-state index contributed by atoms with van der Waals surface area (Å²) in [7, 11) is 0. The maximum atomic E-state index is 5.41. The first-order chi connectivity index (χ1) is 9.36. The standard InChI is InChI=1S/C15H28N4O/c1-11(2)19(9-12-7-6-8-16-12)10-13-17-14(18-20-13)15(3,4)5/h11-12,16H,6-10H2,1-5H3. The van der Waals surface area contributed by atoms with Gasteiger partial charge in [0.25, 0.3) is 0 Å². The third kappa shape index (κ3) is 4.03. The van der Waals surface area contributed by atoms with Crippen molar-refractivity contribution in [2.24, 2.45) is 0 Å². The molecule has 20 heavy (non-hydrogen) atoms. The lowest BCUT2D eigenvalue weighted by molar-refractivity contribution is 0.170. The number of aromatic nitrogens is 2. The topological polar surface area (TPSA) is 54.2 Å². The molecule has 5 heteroatoms. The minimum atomic E-state index is -0.0581. The van der Waals surface area contributed by atoms with E-state index in [-0.39, 0.29) is 5.41 Å². The zero-order valence-corrected chi connectivity index (χ0v) is 13.4. The molecule has 2 rings (SSSR count). The van der Waals surface area contributed by atoms with E-state index in [0.29, 0.717) is 12.1 Å². The van der Waals surface area contributed by atoms with Crippen LogP contribution in [0.25, 0.3) is 0 Å². The lowest BCUT2D eigenvalue weighted by atomic mass is 9.96. The number of hydrogen-bond acceptors (Lipinski definition) is 5. The Morgan fingerprint density at radius 3 is 2.65 bits per heavy atom. The van der Waals surface area contributed by atoms with Gasteiger partial charge in [-0.25, -0.2) is 0 Å². The van der Waals surface area contributed by atoms with Gasteiger partial charge in [-0.1, -0.05) is 25.9 Å². The molecule has 1 aliphatic rings. The molecule has 1 unspecified atom stereocenters. The molecule has 1 fully saturated rings. The van der Waals surface area contributed by atoms with Crippen LogP contribution in [0.5, 0.6) is 0 Å². The highest BCUT2D eigenvalue weighted by Gasteiger charge is 2.24. The van der Waals surface area contributed by atoms with Crippen molar-refractivity contribution >= 4 is 0 Å². The van der Waals surface area contributed by atoms with E-state index in [0.717, 1.165) is 31.3 Å². The van der Waals surface area contributed by atoms with E-state index in [2.05, 4.69) is 55.0 Å². The summed E-state index contributed by atoms with van der Waals surface area (Å²) < 4.78 is 5.41. The van der Waals surface area contributed by atoms with Crippen LogP contribution in [-0.4, -0.2) is 40.2 Å². The summed E-state index contributed by atoms with van der Waals surface area (Å²) in [6.45, 7) is 13.7. The maximum absolute atomic E-state index is 5.41. The molecule has 1 N–H and O–H groups in total. The van der Waals surface area contributed by atoms with Crippen LogP contribution in [0.3, 0.4) is 0 Å². The Kier molecular flexibility index (Phi) is 4.81. The number of hydrogen-bond donors (Lipinski definition) is 1. The molecule has 0 aromatic carbocycles. The van der Waals surface area contributed by atoms with E-state index >= 15 is 0 Å². The Balaban J connectivity index is 1.98. The fourth-order valence-corrected chi connectivity index (χ4v) is 2.45. The van der Waals surface area contributed by atoms with Gasteiger partial charge < -0.3 is 9.84 Å². The summed E-state index contributed by atoms with van der Waals surface area (Å²) in [6.07, 6.45) is 2.55. The summed E-state index contributed by atoms with van der Waals surface area (Å²) in [6, 6.07) is 1.07. The van der Waals surface area contributed by atoms with E-state index in [9.17, 15) is 0 Å². The van der Waals surface area contributed by atoms with Gasteiger partial charge in [0.1, 0.15) is 0 Å². The summed E-state index contributed by atoms with van der Waals surface area (Å²) in [5, 5.41) is 7.65. The first kappa shape index (κ1) is 15.4. The molecule has 0 spiro atoms. The van der Waals surface area contributed by atoms with Gasteiger partial charge in [0.05, 0.1) is 6.54 Å². The van der Waals surface area contributed by atoms with Crippen molar-refractivity contribution in [2.45, 2.75) is 71.5 Å². The highest BCUT2D eigenvalue weighted by atomic mass is 16.5. The Morgan fingerprint density at radius 1 is 1.40 bits per heavy atom. The molecule has 1 aromatic heterocycles. The monoisotopic (exact) mass is 280 g/mol. The van der Waals surface area contributed by atoms with Crippen LogP contribution >= 0.6 is 0 Å². The lowest BCUT2D eigenvalue weighted by Crippen LogP contribution is -2.40. The van der Waals surface area contributed by atoms with Crippen LogP contribution in [0, 0.1) is 0 Å². The molecule has 0 amide bonds. The van der Waals surface area contributed by atoms with Gasteiger partial charge in [0.2, 0.25) is 5.89 Å². The van der Waals surface area contributed by atoms with Crippen molar-refractivity contribution in [1.29, 1.82) is 0 Å². The second kappa shape index (κ2) is 6.22. The maximum Gasteiger partial charge on any atom is 0.240 e. The third-order valence-electron chi connectivity index (χ3n) is 3.82. The van der Waals surface area contributed by atoms with Gasteiger partial charge in [-0.15, -0.1) is 0 Å². The van der Waals surface area contributed by atoms with Gasteiger partial charge in [0, 0.05) is 24.0 Å². The molecule has 1 saturated heterocycles. The average Bonchev–Trinajstić information content (AvgIpc) is 2.97. The largest absolute Gasteiger partial charge is 0.338 e. The Morgan fingerprint density at radius 2 is 2.15 bits per heavy atom. The van der Waals surface area contributed by atoms with Crippen LogP contribution in [-0.2, 0) is 12.0 Å². The third-order valence-corrected chi connectivity index (χ3v) is 3.82. The molecule has 0 saturated carbocycles. The van der Waals surface area contributed by atoms with Crippen molar-refractivity contribution in [3.63, 3.8) is 0 Å². The molecule has 1 aliphatic heterocycles. The molecule has 2 heterocycles. The molecule has 0 radical (unpaired) electrons. The van der Waals surface area contributed by atoms with Crippen LogP contribution < -0.4 is 5.32 Å². The molecule has 0 aliphatic carbocycles. The molecular formula is C15H28N4O.